The van der Waals surface area contributed by atoms with E-state index < -0.39 is 0 Å². The van der Waals surface area contributed by atoms with E-state index in [9.17, 15) is 5.26 Å². The van der Waals surface area contributed by atoms with Crippen molar-refractivity contribution in [2.75, 3.05) is 6.61 Å². The van der Waals surface area contributed by atoms with Gasteiger partial charge in [0.1, 0.15) is 5.75 Å². The molecule has 0 amide bonds. The number of nitrogens with zero attached hydrogens (tertiary/aromatic N) is 2. The minimum Gasteiger partial charge on any atom is -0.494 e. The third-order valence-electron chi connectivity index (χ3n) is 3.77. The number of ether oxygens (including phenoxy) is 1. The molecule has 116 valence electrons. The molecule has 0 saturated carbocycles. The summed E-state index contributed by atoms with van der Waals surface area (Å²) in [6.07, 6.45) is 0.595. The third-order valence-corrected chi connectivity index (χ3v) is 3.77. The number of benzene rings is 2. The first-order valence-corrected chi connectivity index (χ1v) is 7.76. The van der Waals surface area contributed by atoms with Gasteiger partial charge in [-0.1, -0.05) is 38.1 Å². The highest BCUT2D eigenvalue weighted by Crippen LogP contribution is 2.23. The largest absolute Gasteiger partial charge is 0.494 e. The Morgan fingerprint density at radius 2 is 1.74 bits per heavy atom. The molecule has 0 radical (unpaired) electrons. The van der Waals surface area contributed by atoms with Crippen LogP contribution >= 0.6 is 0 Å². The van der Waals surface area contributed by atoms with E-state index in [0.29, 0.717) is 24.5 Å². The summed E-state index contributed by atoms with van der Waals surface area (Å²) in [6, 6.07) is 19.7. The van der Waals surface area contributed by atoms with Gasteiger partial charge in [0.25, 0.3) is 0 Å². The molecular formula is C20H20N2O. The van der Waals surface area contributed by atoms with Gasteiger partial charge in [-0.25, -0.2) is 0 Å². The topological polar surface area (TPSA) is 56.8 Å². The van der Waals surface area contributed by atoms with E-state index in [0.717, 1.165) is 11.3 Å². The molecule has 0 N–H and O–H groups in total. The van der Waals surface area contributed by atoms with Crippen molar-refractivity contribution in [3.05, 3.63) is 65.2 Å². The second-order valence-electron chi connectivity index (χ2n) is 5.78. The zero-order chi connectivity index (χ0) is 16.7. The maximum atomic E-state index is 9.37. The molecular weight excluding hydrogens is 284 g/mol. The van der Waals surface area contributed by atoms with Crippen molar-refractivity contribution >= 4 is 0 Å². The zero-order valence-corrected chi connectivity index (χ0v) is 13.5. The second-order valence-corrected chi connectivity index (χ2v) is 5.78. The molecule has 0 spiro atoms. The first-order valence-electron chi connectivity index (χ1n) is 7.76. The van der Waals surface area contributed by atoms with Crippen molar-refractivity contribution in [3.8, 4) is 17.9 Å². The predicted octanol–water partition coefficient (Wildman–Crippen LogP) is 4.76. The lowest BCUT2D eigenvalue weighted by Gasteiger charge is -2.12. The number of hydrogen-bond acceptors (Lipinski definition) is 3. The summed E-state index contributed by atoms with van der Waals surface area (Å²) in [7, 11) is 0. The van der Waals surface area contributed by atoms with Crippen LogP contribution in [-0.4, -0.2) is 6.61 Å². The van der Waals surface area contributed by atoms with Crippen LogP contribution in [0.4, 0.5) is 0 Å². The van der Waals surface area contributed by atoms with Crippen molar-refractivity contribution < 1.29 is 4.74 Å². The monoisotopic (exact) mass is 304 g/mol. The van der Waals surface area contributed by atoms with Gasteiger partial charge in [0, 0.05) is 6.42 Å². The van der Waals surface area contributed by atoms with Crippen molar-refractivity contribution in [2.45, 2.75) is 32.1 Å². The second kappa shape index (κ2) is 8.01. The Hall–Kier alpha value is -2.78. The molecule has 0 fully saturated rings. The normalized spacial score (nSPS) is 11.5. The summed E-state index contributed by atoms with van der Waals surface area (Å²) in [5.41, 5.74) is 2.68. The fourth-order valence-corrected chi connectivity index (χ4v) is 2.39. The lowest BCUT2D eigenvalue weighted by atomic mass is 9.96. The van der Waals surface area contributed by atoms with E-state index in [1.54, 1.807) is 12.1 Å². The van der Waals surface area contributed by atoms with Gasteiger partial charge in [0.05, 0.1) is 30.2 Å². The Bertz CT molecular complexity index is 738. The summed E-state index contributed by atoms with van der Waals surface area (Å²) in [4.78, 5) is 0. The summed E-state index contributed by atoms with van der Waals surface area (Å²) in [6.45, 7) is 4.76. The van der Waals surface area contributed by atoms with E-state index in [2.05, 4.69) is 32.1 Å². The predicted molar refractivity (Wildman–Crippen MR) is 90.2 cm³/mol. The Labute approximate surface area is 137 Å². The van der Waals surface area contributed by atoms with Gasteiger partial charge < -0.3 is 4.74 Å². The Balaban J connectivity index is 1.98. The molecule has 0 aromatic heterocycles. The lowest BCUT2D eigenvalue weighted by molar-refractivity contribution is 0.305. The van der Waals surface area contributed by atoms with E-state index in [1.807, 2.05) is 30.3 Å². The summed E-state index contributed by atoms with van der Waals surface area (Å²) in [5.74, 6) is 1.02. The molecule has 0 heterocycles. The van der Waals surface area contributed by atoms with Gasteiger partial charge >= 0.3 is 0 Å². The quantitative estimate of drug-likeness (QED) is 0.773. The average molecular weight is 304 g/mol. The Morgan fingerprint density at radius 1 is 1.00 bits per heavy atom. The van der Waals surface area contributed by atoms with Gasteiger partial charge in [0.2, 0.25) is 0 Å². The summed E-state index contributed by atoms with van der Waals surface area (Å²) >= 11 is 0. The molecule has 0 saturated heterocycles. The van der Waals surface area contributed by atoms with Crippen molar-refractivity contribution in [1.82, 2.24) is 0 Å². The molecule has 0 aliphatic carbocycles. The maximum Gasteiger partial charge on any atom is 0.119 e. The van der Waals surface area contributed by atoms with Gasteiger partial charge in [-0.2, -0.15) is 10.5 Å². The first kappa shape index (κ1) is 16.6. The van der Waals surface area contributed by atoms with Crippen molar-refractivity contribution in [3.63, 3.8) is 0 Å². The molecule has 3 nitrogen and oxygen atoms in total. The van der Waals surface area contributed by atoms with Crippen LogP contribution in [0.1, 0.15) is 48.8 Å². The van der Waals surface area contributed by atoms with E-state index in [1.165, 1.54) is 5.56 Å². The average Bonchev–Trinajstić information content (AvgIpc) is 2.59. The van der Waals surface area contributed by atoms with Crippen molar-refractivity contribution in [2.24, 2.45) is 0 Å². The van der Waals surface area contributed by atoms with Crippen molar-refractivity contribution in [1.29, 1.82) is 10.5 Å². The van der Waals surface area contributed by atoms with Crippen LogP contribution in [0.15, 0.2) is 48.5 Å². The van der Waals surface area contributed by atoms with Gasteiger partial charge in [-0.05, 0) is 41.3 Å². The molecule has 0 aliphatic heterocycles. The highest BCUT2D eigenvalue weighted by atomic mass is 16.5. The molecule has 23 heavy (non-hydrogen) atoms. The minimum atomic E-state index is -0.267. The molecule has 1 unspecified atom stereocenters. The van der Waals surface area contributed by atoms with Crippen LogP contribution in [-0.2, 0) is 0 Å². The van der Waals surface area contributed by atoms with Crippen LogP contribution < -0.4 is 4.74 Å². The Morgan fingerprint density at radius 3 is 2.43 bits per heavy atom. The molecule has 0 aliphatic rings. The molecule has 2 aromatic rings. The maximum absolute atomic E-state index is 9.37. The van der Waals surface area contributed by atoms with Crippen LogP contribution in [0.25, 0.3) is 0 Å². The summed E-state index contributed by atoms with van der Waals surface area (Å²) < 4.78 is 5.79. The highest BCUT2D eigenvalue weighted by Gasteiger charge is 2.11. The smallest absolute Gasteiger partial charge is 0.119 e. The van der Waals surface area contributed by atoms with E-state index >= 15 is 0 Å². The number of rotatable bonds is 6. The molecule has 1 atom stereocenters. The van der Waals surface area contributed by atoms with Crippen LogP contribution in [0.2, 0.25) is 0 Å². The number of nitriles is 2. The lowest BCUT2D eigenvalue weighted by Crippen LogP contribution is -2.05. The zero-order valence-electron chi connectivity index (χ0n) is 13.5. The fourth-order valence-electron chi connectivity index (χ4n) is 2.39. The van der Waals surface area contributed by atoms with Crippen LogP contribution in [0, 0.1) is 22.7 Å². The van der Waals surface area contributed by atoms with Gasteiger partial charge in [0.15, 0.2) is 0 Å². The third kappa shape index (κ3) is 4.59. The standard InChI is InChI=1S/C20H20N2O/c1-15(2)17-6-4-8-20(12-17)23-10-9-19(14-22)18-7-3-5-16(11-18)13-21/h3-8,11-12,15,19H,9-10H2,1-2H3. The van der Waals surface area contributed by atoms with Gasteiger partial charge in [-0.15, -0.1) is 0 Å². The Kier molecular flexibility index (Phi) is 5.78. The highest BCUT2D eigenvalue weighted by molar-refractivity contribution is 5.36. The minimum absolute atomic E-state index is 0.267. The SMILES string of the molecule is CC(C)c1cccc(OCCC(C#N)c2cccc(C#N)c2)c1. The molecule has 2 aromatic carbocycles. The van der Waals surface area contributed by atoms with E-state index in [4.69, 9.17) is 10.00 Å². The van der Waals surface area contributed by atoms with Crippen LogP contribution in [0.5, 0.6) is 5.75 Å². The molecule has 2 rings (SSSR count). The van der Waals surface area contributed by atoms with Crippen LogP contribution in [0.3, 0.4) is 0 Å². The fraction of sp³-hybridized carbons (Fsp3) is 0.300. The van der Waals surface area contributed by atoms with Gasteiger partial charge in [-0.3, -0.25) is 0 Å². The number of hydrogen-bond donors (Lipinski definition) is 0. The van der Waals surface area contributed by atoms with E-state index in [-0.39, 0.29) is 5.92 Å². The summed E-state index contributed by atoms with van der Waals surface area (Å²) in [5, 5.41) is 18.3. The first-order chi connectivity index (χ1) is 11.1. The molecule has 3 heteroatoms. The molecule has 0 bridgehead atoms.